The van der Waals surface area contributed by atoms with E-state index in [0.717, 1.165) is 36.8 Å². The van der Waals surface area contributed by atoms with E-state index in [1.165, 1.54) is 0 Å². The highest BCUT2D eigenvalue weighted by Crippen LogP contribution is 2.14. The van der Waals surface area contributed by atoms with Crippen molar-refractivity contribution in [3.05, 3.63) is 59.7 Å². The molecule has 0 spiro atoms. The average molecular weight is 453 g/mol. The molecule has 0 amide bonds. The van der Waals surface area contributed by atoms with Crippen LogP contribution in [0.2, 0.25) is 0 Å². The van der Waals surface area contributed by atoms with Crippen molar-refractivity contribution in [2.75, 3.05) is 6.54 Å². The van der Waals surface area contributed by atoms with Gasteiger partial charge < -0.3 is 0 Å². The first kappa shape index (κ1) is 24.5. The standard InChI is InChI=1S/C22H32N2O4S2/c1-4-5-6-7-8-20(24-30(27,28)22-15-11-19(3)12-16-22)17-23-29(25,26)21-13-9-18(2)10-14-21/h9-16,20,23-24H,4-8,17H2,1-3H3/t20-/m1/s1. The Balaban J connectivity index is 2.11. The second-order valence-corrected chi connectivity index (χ2v) is 11.1. The molecule has 0 bridgehead atoms. The fraction of sp³-hybridized carbons (Fsp3) is 0.455. The number of rotatable bonds is 12. The van der Waals surface area contributed by atoms with Crippen LogP contribution < -0.4 is 9.44 Å². The maximum absolute atomic E-state index is 12.8. The summed E-state index contributed by atoms with van der Waals surface area (Å²) in [5, 5.41) is 0. The van der Waals surface area contributed by atoms with E-state index in [2.05, 4.69) is 16.4 Å². The van der Waals surface area contributed by atoms with Crippen molar-refractivity contribution in [1.29, 1.82) is 0 Å². The van der Waals surface area contributed by atoms with Gasteiger partial charge in [0.05, 0.1) is 9.79 Å². The molecule has 0 fully saturated rings. The van der Waals surface area contributed by atoms with Gasteiger partial charge in [0.2, 0.25) is 20.0 Å². The lowest BCUT2D eigenvalue weighted by Gasteiger charge is -2.20. The molecule has 0 saturated carbocycles. The molecule has 0 heterocycles. The number of sulfonamides is 2. The highest BCUT2D eigenvalue weighted by Gasteiger charge is 2.22. The van der Waals surface area contributed by atoms with Gasteiger partial charge in [-0.05, 0) is 44.5 Å². The number of unbranched alkanes of at least 4 members (excludes halogenated alkanes) is 3. The van der Waals surface area contributed by atoms with E-state index in [4.69, 9.17) is 0 Å². The van der Waals surface area contributed by atoms with Crippen LogP contribution in [0.5, 0.6) is 0 Å². The Bertz CT molecular complexity index is 1000. The molecular weight excluding hydrogens is 420 g/mol. The van der Waals surface area contributed by atoms with Gasteiger partial charge in [-0.2, -0.15) is 0 Å². The van der Waals surface area contributed by atoms with E-state index in [0.29, 0.717) is 6.42 Å². The van der Waals surface area contributed by atoms with E-state index >= 15 is 0 Å². The zero-order valence-corrected chi connectivity index (χ0v) is 19.5. The lowest BCUT2D eigenvalue weighted by molar-refractivity contribution is 0.489. The molecule has 0 unspecified atom stereocenters. The fourth-order valence-corrected chi connectivity index (χ4v) is 5.39. The van der Waals surface area contributed by atoms with Gasteiger partial charge in [-0.1, -0.05) is 68.0 Å². The van der Waals surface area contributed by atoms with E-state index in [-0.39, 0.29) is 16.3 Å². The molecule has 2 rings (SSSR count). The molecular formula is C22H32N2O4S2. The van der Waals surface area contributed by atoms with E-state index in [9.17, 15) is 16.8 Å². The smallest absolute Gasteiger partial charge is 0.210 e. The Labute approximate surface area is 181 Å². The number of aryl methyl sites for hydroxylation is 2. The highest BCUT2D eigenvalue weighted by atomic mass is 32.2. The van der Waals surface area contributed by atoms with Crippen LogP contribution in [-0.4, -0.2) is 29.4 Å². The number of hydrogen-bond acceptors (Lipinski definition) is 4. The summed E-state index contributed by atoms with van der Waals surface area (Å²) in [6.07, 6.45) is 4.49. The van der Waals surface area contributed by atoms with E-state index < -0.39 is 26.1 Å². The molecule has 166 valence electrons. The van der Waals surface area contributed by atoms with Gasteiger partial charge in [-0.25, -0.2) is 26.3 Å². The summed E-state index contributed by atoms with van der Waals surface area (Å²) >= 11 is 0. The topological polar surface area (TPSA) is 92.3 Å². The van der Waals surface area contributed by atoms with Crippen LogP contribution >= 0.6 is 0 Å². The van der Waals surface area contributed by atoms with E-state index in [1.54, 1.807) is 48.5 Å². The normalized spacial score (nSPS) is 13.3. The number of benzene rings is 2. The first-order valence-electron chi connectivity index (χ1n) is 10.3. The predicted octanol–water partition coefficient (Wildman–Crippen LogP) is 3.90. The molecule has 0 aliphatic carbocycles. The van der Waals surface area contributed by atoms with Crippen LogP contribution in [0.25, 0.3) is 0 Å². The zero-order valence-electron chi connectivity index (χ0n) is 17.9. The Morgan fingerprint density at radius 1 is 0.733 bits per heavy atom. The largest absolute Gasteiger partial charge is 0.240 e. The van der Waals surface area contributed by atoms with Gasteiger partial charge in [0.15, 0.2) is 0 Å². The van der Waals surface area contributed by atoms with Crippen LogP contribution in [0.1, 0.15) is 50.2 Å². The fourth-order valence-electron chi connectivity index (χ4n) is 3.04. The van der Waals surface area contributed by atoms with Gasteiger partial charge in [0.1, 0.15) is 0 Å². The monoisotopic (exact) mass is 452 g/mol. The summed E-state index contributed by atoms with van der Waals surface area (Å²) in [6.45, 7) is 5.87. The second kappa shape index (κ2) is 11.0. The summed E-state index contributed by atoms with van der Waals surface area (Å²) in [5.74, 6) is 0. The molecule has 2 aromatic rings. The molecule has 1 atom stereocenters. The Kier molecular flexibility index (Phi) is 9.03. The summed E-state index contributed by atoms with van der Waals surface area (Å²) in [4.78, 5) is 0.340. The first-order valence-corrected chi connectivity index (χ1v) is 13.3. The van der Waals surface area contributed by atoms with Crippen molar-refractivity contribution in [3.63, 3.8) is 0 Å². The van der Waals surface area contributed by atoms with Crippen molar-refractivity contribution < 1.29 is 16.8 Å². The minimum Gasteiger partial charge on any atom is -0.210 e. The SMILES string of the molecule is CCCCCC[C@H](CNS(=O)(=O)c1ccc(C)cc1)NS(=O)(=O)c1ccc(C)cc1. The van der Waals surface area contributed by atoms with Crippen LogP contribution in [-0.2, 0) is 20.0 Å². The molecule has 8 heteroatoms. The lowest BCUT2D eigenvalue weighted by Crippen LogP contribution is -2.43. The van der Waals surface area contributed by atoms with Crippen molar-refractivity contribution >= 4 is 20.0 Å². The van der Waals surface area contributed by atoms with E-state index in [1.807, 2.05) is 13.8 Å². The molecule has 6 nitrogen and oxygen atoms in total. The molecule has 2 N–H and O–H groups in total. The quantitative estimate of drug-likeness (QED) is 0.478. The predicted molar refractivity (Wildman–Crippen MR) is 120 cm³/mol. The van der Waals surface area contributed by atoms with Crippen molar-refractivity contribution in [2.24, 2.45) is 0 Å². The average Bonchev–Trinajstić information content (AvgIpc) is 2.70. The van der Waals surface area contributed by atoms with Gasteiger partial charge in [-0.3, -0.25) is 0 Å². The lowest BCUT2D eigenvalue weighted by atomic mass is 10.1. The number of nitrogens with one attached hydrogen (secondary N) is 2. The summed E-state index contributed by atoms with van der Waals surface area (Å²) in [6, 6.07) is 12.6. The number of hydrogen-bond donors (Lipinski definition) is 2. The molecule has 0 aliphatic rings. The van der Waals surface area contributed by atoms with Crippen molar-refractivity contribution in [3.8, 4) is 0 Å². The third kappa shape index (κ3) is 7.50. The first-order chi connectivity index (χ1) is 14.1. The summed E-state index contributed by atoms with van der Waals surface area (Å²) < 4.78 is 56.0. The van der Waals surface area contributed by atoms with Crippen molar-refractivity contribution in [1.82, 2.24) is 9.44 Å². The van der Waals surface area contributed by atoms with Crippen molar-refractivity contribution in [2.45, 2.75) is 68.7 Å². The third-order valence-corrected chi connectivity index (χ3v) is 7.89. The molecule has 0 saturated heterocycles. The van der Waals surface area contributed by atoms with Gasteiger partial charge in [-0.15, -0.1) is 0 Å². The van der Waals surface area contributed by atoms with Gasteiger partial charge >= 0.3 is 0 Å². The molecule has 30 heavy (non-hydrogen) atoms. The zero-order chi connectivity index (χ0) is 22.2. The molecule has 0 radical (unpaired) electrons. The second-order valence-electron chi connectivity index (χ2n) is 7.65. The summed E-state index contributed by atoms with van der Waals surface area (Å²) in [5.41, 5.74) is 1.93. The van der Waals surface area contributed by atoms with Gasteiger partial charge in [0.25, 0.3) is 0 Å². The van der Waals surface area contributed by atoms with Crippen LogP contribution in [0.4, 0.5) is 0 Å². The van der Waals surface area contributed by atoms with Gasteiger partial charge in [0, 0.05) is 12.6 Å². The Morgan fingerprint density at radius 2 is 1.23 bits per heavy atom. The Morgan fingerprint density at radius 3 is 1.73 bits per heavy atom. The van der Waals surface area contributed by atoms with Crippen LogP contribution in [0, 0.1) is 13.8 Å². The molecule has 2 aromatic carbocycles. The minimum atomic E-state index is -3.74. The molecule has 0 aromatic heterocycles. The van der Waals surface area contributed by atoms with Crippen LogP contribution in [0.3, 0.4) is 0 Å². The maximum Gasteiger partial charge on any atom is 0.240 e. The third-order valence-electron chi connectivity index (χ3n) is 4.91. The molecule has 0 aliphatic heterocycles. The van der Waals surface area contributed by atoms with Crippen LogP contribution in [0.15, 0.2) is 58.3 Å². The minimum absolute atomic E-state index is 0.00652. The summed E-state index contributed by atoms with van der Waals surface area (Å²) in [7, 11) is -7.46. The maximum atomic E-state index is 12.8. The highest BCUT2D eigenvalue weighted by molar-refractivity contribution is 7.90. The Hall–Kier alpha value is -1.74.